The van der Waals surface area contributed by atoms with E-state index in [0.29, 0.717) is 11.3 Å². The van der Waals surface area contributed by atoms with E-state index >= 15 is 0 Å². The summed E-state index contributed by atoms with van der Waals surface area (Å²) in [6, 6.07) is 9.77. The van der Waals surface area contributed by atoms with Crippen molar-refractivity contribution in [3.05, 3.63) is 59.4 Å². The highest BCUT2D eigenvalue weighted by Crippen LogP contribution is 2.18. The van der Waals surface area contributed by atoms with Gasteiger partial charge in [0.1, 0.15) is 0 Å². The lowest BCUT2D eigenvalue weighted by Crippen LogP contribution is -2.21. The molecular formula is C18H17FN2O5. The predicted octanol–water partition coefficient (Wildman–Crippen LogP) is 1.99. The van der Waals surface area contributed by atoms with Crippen molar-refractivity contribution in [2.75, 3.05) is 26.1 Å². The van der Waals surface area contributed by atoms with Crippen LogP contribution in [-0.2, 0) is 9.53 Å². The molecule has 7 nitrogen and oxygen atoms in total. The number of hydrogen-bond acceptors (Lipinski definition) is 5. The minimum atomic E-state index is -0.836. The van der Waals surface area contributed by atoms with Crippen LogP contribution in [0.5, 0.6) is 5.75 Å². The van der Waals surface area contributed by atoms with E-state index < -0.39 is 24.3 Å². The molecule has 2 N–H and O–H groups in total. The largest absolute Gasteiger partial charge is 0.494 e. The minimum absolute atomic E-state index is 0.000468. The van der Waals surface area contributed by atoms with Gasteiger partial charge in [0.15, 0.2) is 18.2 Å². The van der Waals surface area contributed by atoms with Crippen LogP contribution in [-0.4, -0.2) is 38.5 Å². The zero-order chi connectivity index (χ0) is 19.1. The third kappa shape index (κ3) is 4.79. The predicted molar refractivity (Wildman–Crippen MR) is 91.7 cm³/mol. The van der Waals surface area contributed by atoms with Gasteiger partial charge in [-0.1, -0.05) is 0 Å². The summed E-state index contributed by atoms with van der Waals surface area (Å²) >= 11 is 0. The lowest BCUT2D eigenvalue weighted by atomic mass is 10.2. The molecule has 2 aromatic carbocycles. The highest BCUT2D eigenvalue weighted by molar-refractivity contribution is 5.97. The number of carbonyl (C=O) groups excluding carboxylic acids is 3. The van der Waals surface area contributed by atoms with Gasteiger partial charge in [-0.15, -0.1) is 0 Å². The second-order valence-corrected chi connectivity index (χ2v) is 5.13. The Morgan fingerprint density at radius 1 is 1.04 bits per heavy atom. The van der Waals surface area contributed by atoms with Crippen molar-refractivity contribution in [3.8, 4) is 5.75 Å². The molecule has 0 fully saturated rings. The van der Waals surface area contributed by atoms with E-state index in [1.807, 2.05) is 0 Å². The van der Waals surface area contributed by atoms with Gasteiger partial charge in [-0.2, -0.15) is 0 Å². The van der Waals surface area contributed by atoms with Gasteiger partial charge in [-0.3, -0.25) is 9.59 Å². The van der Waals surface area contributed by atoms with Gasteiger partial charge >= 0.3 is 5.97 Å². The molecule has 136 valence electrons. The third-order valence-electron chi connectivity index (χ3n) is 3.38. The molecule has 0 radical (unpaired) electrons. The van der Waals surface area contributed by atoms with Crippen molar-refractivity contribution in [1.29, 1.82) is 0 Å². The van der Waals surface area contributed by atoms with Crippen LogP contribution in [0.25, 0.3) is 0 Å². The molecule has 2 rings (SSSR count). The fourth-order valence-corrected chi connectivity index (χ4v) is 2.05. The molecule has 2 amide bonds. The van der Waals surface area contributed by atoms with Crippen LogP contribution < -0.4 is 15.4 Å². The maximum Gasteiger partial charge on any atom is 0.338 e. The summed E-state index contributed by atoms with van der Waals surface area (Å²) in [6.07, 6.45) is 0. The quantitative estimate of drug-likeness (QED) is 0.769. The number of rotatable bonds is 6. The molecule has 0 bridgehead atoms. The maximum atomic E-state index is 13.6. The minimum Gasteiger partial charge on any atom is -0.494 e. The fourth-order valence-electron chi connectivity index (χ4n) is 2.05. The van der Waals surface area contributed by atoms with Crippen molar-refractivity contribution in [1.82, 2.24) is 5.32 Å². The molecule has 2 aromatic rings. The van der Waals surface area contributed by atoms with Gasteiger partial charge in [0.25, 0.3) is 11.8 Å². The Morgan fingerprint density at radius 3 is 2.27 bits per heavy atom. The molecule has 0 aliphatic carbocycles. The van der Waals surface area contributed by atoms with Gasteiger partial charge in [-0.05, 0) is 42.5 Å². The number of halogens is 1. The van der Waals surface area contributed by atoms with Crippen LogP contribution in [0.15, 0.2) is 42.5 Å². The fraction of sp³-hybridized carbons (Fsp3) is 0.167. The molecule has 0 heterocycles. The number of amides is 2. The molecule has 8 heteroatoms. The summed E-state index contributed by atoms with van der Waals surface area (Å²) in [6.45, 7) is -0.538. The number of nitrogens with one attached hydrogen (secondary N) is 2. The molecule has 0 aliphatic rings. The number of esters is 1. The van der Waals surface area contributed by atoms with Crippen LogP contribution in [0.1, 0.15) is 20.7 Å². The molecule has 26 heavy (non-hydrogen) atoms. The summed E-state index contributed by atoms with van der Waals surface area (Å²) in [5.41, 5.74) is 0.846. The third-order valence-corrected chi connectivity index (χ3v) is 3.38. The van der Waals surface area contributed by atoms with E-state index in [1.54, 1.807) is 24.3 Å². The van der Waals surface area contributed by atoms with E-state index in [0.717, 1.165) is 6.07 Å². The average molecular weight is 360 g/mol. The monoisotopic (exact) mass is 360 g/mol. The number of benzene rings is 2. The smallest absolute Gasteiger partial charge is 0.338 e. The SMILES string of the molecule is CNC(=O)c1ccc(NC(=O)COC(=O)c2ccc(OC)c(F)c2)cc1. The Kier molecular flexibility index (Phi) is 6.26. The second-order valence-electron chi connectivity index (χ2n) is 5.13. The standard InChI is InChI=1S/C18H17FN2O5/c1-20-17(23)11-3-6-13(7-4-11)21-16(22)10-26-18(24)12-5-8-15(25-2)14(19)9-12/h3-9H,10H2,1-2H3,(H,20,23)(H,21,22). The molecule has 0 unspecified atom stereocenters. The number of anilines is 1. The zero-order valence-corrected chi connectivity index (χ0v) is 14.2. The zero-order valence-electron chi connectivity index (χ0n) is 14.2. The van der Waals surface area contributed by atoms with E-state index in [2.05, 4.69) is 10.6 Å². The summed E-state index contributed by atoms with van der Waals surface area (Å²) < 4.78 is 23.2. The van der Waals surface area contributed by atoms with E-state index in [4.69, 9.17) is 9.47 Å². The van der Waals surface area contributed by atoms with Crippen LogP contribution in [0, 0.1) is 5.82 Å². The second kappa shape index (κ2) is 8.61. The van der Waals surface area contributed by atoms with Crippen LogP contribution in [0.2, 0.25) is 0 Å². The summed E-state index contributed by atoms with van der Waals surface area (Å²) in [5, 5.41) is 5.00. The highest BCUT2D eigenvalue weighted by atomic mass is 19.1. The van der Waals surface area contributed by atoms with E-state index in [1.165, 1.54) is 26.3 Å². The lowest BCUT2D eigenvalue weighted by molar-refractivity contribution is -0.119. The van der Waals surface area contributed by atoms with Gasteiger partial charge in [0.05, 0.1) is 12.7 Å². The van der Waals surface area contributed by atoms with Crippen LogP contribution in [0.4, 0.5) is 10.1 Å². The van der Waals surface area contributed by atoms with Gasteiger partial charge in [-0.25, -0.2) is 9.18 Å². The highest BCUT2D eigenvalue weighted by Gasteiger charge is 2.13. The van der Waals surface area contributed by atoms with Crippen molar-refractivity contribution >= 4 is 23.5 Å². The van der Waals surface area contributed by atoms with Crippen molar-refractivity contribution < 1.29 is 28.2 Å². The van der Waals surface area contributed by atoms with Crippen LogP contribution in [0.3, 0.4) is 0 Å². The average Bonchev–Trinajstić information content (AvgIpc) is 2.66. The number of ether oxygens (including phenoxy) is 2. The first-order valence-corrected chi connectivity index (χ1v) is 7.57. The number of methoxy groups -OCH3 is 1. The van der Waals surface area contributed by atoms with Gasteiger partial charge in [0.2, 0.25) is 0 Å². The van der Waals surface area contributed by atoms with E-state index in [9.17, 15) is 18.8 Å². The van der Waals surface area contributed by atoms with Crippen molar-refractivity contribution in [2.45, 2.75) is 0 Å². The maximum absolute atomic E-state index is 13.6. The normalized spacial score (nSPS) is 9.96. The molecular weight excluding hydrogens is 343 g/mol. The number of carbonyl (C=O) groups is 3. The Labute approximate surface area is 149 Å². The summed E-state index contributed by atoms with van der Waals surface area (Å²) in [7, 11) is 2.82. The molecule has 0 saturated carbocycles. The number of hydrogen-bond donors (Lipinski definition) is 2. The molecule has 0 aromatic heterocycles. The Balaban J connectivity index is 1.89. The first-order valence-electron chi connectivity index (χ1n) is 7.57. The van der Waals surface area contributed by atoms with Crippen molar-refractivity contribution in [2.24, 2.45) is 0 Å². The first-order chi connectivity index (χ1) is 12.4. The van der Waals surface area contributed by atoms with Crippen LogP contribution >= 0.6 is 0 Å². The lowest BCUT2D eigenvalue weighted by Gasteiger charge is -2.08. The van der Waals surface area contributed by atoms with E-state index in [-0.39, 0.29) is 17.2 Å². The summed E-state index contributed by atoms with van der Waals surface area (Å²) in [4.78, 5) is 35.1. The molecule has 0 saturated heterocycles. The van der Waals surface area contributed by atoms with Crippen molar-refractivity contribution in [3.63, 3.8) is 0 Å². The Bertz CT molecular complexity index is 821. The Morgan fingerprint density at radius 2 is 1.69 bits per heavy atom. The molecule has 0 spiro atoms. The Hall–Kier alpha value is -3.42. The molecule has 0 aliphatic heterocycles. The summed E-state index contributed by atoms with van der Waals surface area (Å²) in [5.74, 6) is -2.36. The van der Waals surface area contributed by atoms with Gasteiger partial charge in [0, 0.05) is 18.3 Å². The topological polar surface area (TPSA) is 93.7 Å². The molecule has 0 atom stereocenters. The first kappa shape index (κ1) is 18.9. The van der Waals surface area contributed by atoms with Gasteiger partial charge < -0.3 is 20.1 Å².